The number of hydrogen-bond donors (Lipinski definition) is 0. The number of nitrogens with zero attached hydrogens (tertiary/aromatic N) is 4. The molecule has 5 aromatic rings. The van der Waals surface area contributed by atoms with Crippen molar-refractivity contribution >= 4 is 42.7 Å². The van der Waals surface area contributed by atoms with E-state index in [1.54, 1.807) is 5.70 Å². The van der Waals surface area contributed by atoms with Crippen molar-refractivity contribution in [2.45, 2.75) is 65.5 Å². The monoisotopic (exact) mass is 722 g/mol. The lowest BCUT2D eigenvalue weighted by Gasteiger charge is -2.42. The average molecular weight is 723 g/mol. The van der Waals surface area contributed by atoms with Crippen molar-refractivity contribution in [3.8, 4) is 22.8 Å². The van der Waals surface area contributed by atoms with Gasteiger partial charge in [0.1, 0.15) is 0 Å². The lowest BCUT2D eigenvalue weighted by molar-refractivity contribution is 0.160. The molecule has 6 atom stereocenters. The van der Waals surface area contributed by atoms with E-state index in [-0.39, 0.29) is 5.41 Å². The summed E-state index contributed by atoms with van der Waals surface area (Å²) in [7, 11) is 0. The number of aromatic nitrogens is 3. The van der Waals surface area contributed by atoms with E-state index in [0.717, 1.165) is 47.6 Å². The van der Waals surface area contributed by atoms with Crippen molar-refractivity contribution in [3.63, 3.8) is 0 Å². The molecule has 5 heteroatoms. The van der Waals surface area contributed by atoms with E-state index >= 15 is 0 Å². The van der Waals surface area contributed by atoms with Gasteiger partial charge in [0.2, 0.25) is 0 Å². The molecule has 3 heterocycles. The first-order valence-corrected chi connectivity index (χ1v) is 20.6. The standard InChI is InChI=1S/C49H46N4S/c1-30-13-10-17-35(25-30)47-50-46(33-15-6-5-7-16-33)51-48(52-47)39-20-12-19-38-37-23-22-34(28-43(37)54-45(38)39)40-29-41-42(27-32(40)3)53(36-18-11-14-31(2)26-36)44-21-8-9-24-49(41,44)4/h5-17,19-24,28-32,36,44H,18,25-27H2,1-4H3. The Labute approximate surface area is 322 Å². The number of hydrogen-bond acceptors (Lipinski definition) is 5. The summed E-state index contributed by atoms with van der Waals surface area (Å²) in [5.41, 5.74) is 9.05. The van der Waals surface area contributed by atoms with Crippen LogP contribution in [0.5, 0.6) is 0 Å². The Hall–Kier alpha value is -5.13. The highest BCUT2D eigenvalue weighted by molar-refractivity contribution is 7.26. The van der Waals surface area contributed by atoms with E-state index < -0.39 is 0 Å². The average Bonchev–Trinajstić information content (AvgIpc) is 3.69. The highest BCUT2D eigenvalue weighted by Gasteiger charge is 2.50. The van der Waals surface area contributed by atoms with E-state index in [4.69, 9.17) is 15.0 Å². The SMILES string of the molecule is CC1C=CC=C(c2nc(-c3ccccc3)nc(-c3cccc4c3sc3cc(C5=CC6=C(CC5C)N(C5CC=CC(C)C5)C5C=CC=CC65C)ccc34)n2)C1. The summed E-state index contributed by atoms with van der Waals surface area (Å²) < 4.78 is 2.52. The van der Waals surface area contributed by atoms with Crippen LogP contribution >= 0.6 is 11.3 Å². The molecule has 5 aliphatic rings. The van der Waals surface area contributed by atoms with Crippen LogP contribution in [0.3, 0.4) is 0 Å². The van der Waals surface area contributed by atoms with Gasteiger partial charge in [-0.05, 0) is 84.8 Å². The van der Waals surface area contributed by atoms with E-state index in [1.165, 1.54) is 43.3 Å². The van der Waals surface area contributed by atoms with Crippen LogP contribution in [0.4, 0.5) is 0 Å². The molecular formula is C49H46N4S. The molecule has 0 amide bonds. The van der Waals surface area contributed by atoms with Gasteiger partial charge in [0.25, 0.3) is 0 Å². The van der Waals surface area contributed by atoms with E-state index in [0.29, 0.717) is 35.7 Å². The van der Waals surface area contributed by atoms with E-state index in [9.17, 15) is 0 Å². The molecule has 0 bridgehead atoms. The van der Waals surface area contributed by atoms with Crippen LogP contribution in [-0.2, 0) is 0 Å². The second-order valence-electron chi connectivity index (χ2n) is 16.4. The summed E-state index contributed by atoms with van der Waals surface area (Å²) in [6.45, 7) is 9.51. The number of allylic oxidation sites excluding steroid dienone is 10. The maximum atomic E-state index is 5.17. The third-order valence-corrected chi connectivity index (χ3v) is 13.7. The van der Waals surface area contributed by atoms with Crippen LogP contribution in [0.25, 0.3) is 54.1 Å². The van der Waals surface area contributed by atoms with Crippen molar-refractivity contribution in [3.05, 3.63) is 150 Å². The quantitative estimate of drug-likeness (QED) is 0.169. The summed E-state index contributed by atoms with van der Waals surface area (Å²) in [5.74, 6) is 3.70. The Morgan fingerprint density at radius 2 is 1.61 bits per heavy atom. The van der Waals surface area contributed by atoms with Gasteiger partial charge >= 0.3 is 0 Å². The smallest absolute Gasteiger partial charge is 0.165 e. The third kappa shape index (κ3) is 5.50. The van der Waals surface area contributed by atoms with E-state index in [2.05, 4.69) is 142 Å². The molecule has 2 aromatic heterocycles. The predicted octanol–water partition coefficient (Wildman–Crippen LogP) is 12.4. The first-order valence-electron chi connectivity index (χ1n) is 19.8. The fourth-order valence-electron chi connectivity index (χ4n) is 9.76. The van der Waals surface area contributed by atoms with Crippen LogP contribution in [0.2, 0.25) is 0 Å². The largest absolute Gasteiger partial charge is 0.364 e. The molecule has 54 heavy (non-hydrogen) atoms. The van der Waals surface area contributed by atoms with Crippen molar-refractivity contribution in [2.75, 3.05) is 0 Å². The summed E-state index contributed by atoms with van der Waals surface area (Å²) in [4.78, 5) is 18.2. The van der Waals surface area contributed by atoms with Gasteiger partial charge in [0.05, 0.1) is 6.04 Å². The van der Waals surface area contributed by atoms with Gasteiger partial charge in [-0.15, -0.1) is 11.3 Å². The van der Waals surface area contributed by atoms with Crippen molar-refractivity contribution in [1.82, 2.24) is 19.9 Å². The highest BCUT2D eigenvalue weighted by Crippen LogP contribution is 2.55. The minimum absolute atomic E-state index is 0.0273. The molecule has 268 valence electrons. The van der Waals surface area contributed by atoms with E-state index in [1.807, 2.05) is 29.5 Å². The fraction of sp³-hybridized carbons (Fsp3) is 0.286. The number of rotatable bonds is 5. The first kappa shape index (κ1) is 33.4. The number of thiophene rings is 1. The van der Waals surface area contributed by atoms with Crippen molar-refractivity contribution in [1.29, 1.82) is 0 Å². The Morgan fingerprint density at radius 1 is 0.759 bits per heavy atom. The van der Waals surface area contributed by atoms with Crippen molar-refractivity contribution in [2.24, 2.45) is 23.2 Å². The van der Waals surface area contributed by atoms with Crippen LogP contribution in [0, 0.1) is 23.2 Å². The maximum absolute atomic E-state index is 5.17. The topological polar surface area (TPSA) is 41.9 Å². The molecule has 3 aromatic carbocycles. The predicted molar refractivity (Wildman–Crippen MR) is 227 cm³/mol. The molecular weight excluding hydrogens is 677 g/mol. The van der Waals surface area contributed by atoms with Gasteiger partial charge in [-0.25, -0.2) is 15.0 Å². The minimum atomic E-state index is -0.0273. The van der Waals surface area contributed by atoms with Gasteiger partial charge in [-0.2, -0.15) is 0 Å². The van der Waals surface area contributed by atoms with Crippen molar-refractivity contribution < 1.29 is 0 Å². The van der Waals surface area contributed by atoms with Gasteiger partial charge in [0, 0.05) is 48.5 Å². The van der Waals surface area contributed by atoms with Crippen LogP contribution in [0.1, 0.15) is 64.8 Å². The molecule has 0 saturated heterocycles. The lowest BCUT2D eigenvalue weighted by Crippen LogP contribution is -2.45. The molecule has 0 N–H and O–H groups in total. The van der Waals surface area contributed by atoms with Gasteiger partial charge in [-0.1, -0.05) is 136 Å². The number of fused-ring (bicyclic) bond motifs is 5. The summed E-state index contributed by atoms with van der Waals surface area (Å²) >= 11 is 1.86. The third-order valence-electron chi connectivity index (χ3n) is 12.5. The van der Waals surface area contributed by atoms with Crippen LogP contribution in [-0.4, -0.2) is 31.9 Å². The Kier molecular flexibility index (Phi) is 8.06. The molecule has 4 nitrogen and oxygen atoms in total. The Balaban J connectivity index is 1.07. The molecule has 10 rings (SSSR count). The molecule has 6 unspecified atom stereocenters. The fourth-order valence-corrected chi connectivity index (χ4v) is 11.0. The Morgan fingerprint density at radius 3 is 2.46 bits per heavy atom. The molecule has 0 spiro atoms. The minimum Gasteiger partial charge on any atom is -0.364 e. The van der Waals surface area contributed by atoms with Gasteiger partial charge < -0.3 is 4.90 Å². The molecule has 0 radical (unpaired) electrons. The second-order valence-corrected chi connectivity index (χ2v) is 17.5. The highest BCUT2D eigenvalue weighted by atomic mass is 32.1. The Bertz CT molecular complexity index is 2540. The normalized spacial score (nSPS) is 27.4. The van der Waals surface area contributed by atoms with Gasteiger partial charge in [-0.3, -0.25) is 0 Å². The van der Waals surface area contributed by atoms with Gasteiger partial charge in [0.15, 0.2) is 17.5 Å². The first-order chi connectivity index (χ1) is 26.3. The lowest BCUT2D eigenvalue weighted by atomic mass is 9.71. The summed E-state index contributed by atoms with van der Waals surface area (Å²) in [5, 5.41) is 2.54. The molecule has 0 fully saturated rings. The van der Waals surface area contributed by atoms with Crippen LogP contribution < -0.4 is 0 Å². The zero-order valence-electron chi connectivity index (χ0n) is 31.5. The zero-order chi connectivity index (χ0) is 36.6. The summed E-state index contributed by atoms with van der Waals surface area (Å²) in [6.07, 6.45) is 27.8. The van der Waals surface area contributed by atoms with Crippen LogP contribution in [0.15, 0.2) is 139 Å². The number of benzene rings is 3. The molecule has 0 saturated carbocycles. The summed E-state index contributed by atoms with van der Waals surface area (Å²) in [6, 6.07) is 25.0. The molecule has 4 aliphatic carbocycles. The molecule has 1 aliphatic heterocycles. The maximum Gasteiger partial charge on any atom is 0.165 e. The zero-order valence-corrected chi connectivity index (χ0v) is 32.4. The second kappa shape index (κ2) is 13.0.